The molecule has 5 heteroatoms. The summed E-state index contributed by atoms with van der Waals surface area (Å²) in [6.07, 6.45) is 4.40. The Morgan fingerprint density at radius 3 is 2.84 bits per heavy atom. The molecule has 1 aliphatic rings. The molecule has 1 N–H and O–H groups in total. The van der Waals surface area contributed by atoms with Crippen LogP contribution in [0.15, 0.2) is 10.5 Å². The van der Waals surface area contributed by atoms with Gasteiger partial charge in [-0.3, -0.25) is 0 Å². The Kier molecular flexibility index (Phi) is 5.73. The lowest BCUT2D eigenvalue weighted by atomic mass is 9.86. The molecule has 2 nitrogen and oxygen atoms in total. The lowest BCUT2D eigenvalue weighted by Gasteiger charge is -2.40. The predicted octanol–water partition coefficient (Wildman–Crippen LogP) is 4.99. The van der Waals surface area contributed by atoms with Crippen LogP contribution in [-0.2, 0) is 11.3 Å². The minimum Gasteiger partial charge on any atom is -0.375 e. The fourth-order valence-electron chi connectivity index (χ4n) is 2.67. The van der Waals surface area contributed by atoms with E-state index in [-0.39, 0.29) is 5.60 Å². The van der Waals surface area contributed by atoms with Gasteiger partial charge in [0.05, 0.1) is 5.60 Å². The zero-order chi connectivity index (χ0) is 13.9. The molecule has 1 aliphatic heterocycles. The van der Waals surface area contributed by atoms with Crippen molar-refractivity contribution in [1.82, 2.24) is 5.32 Å². The Bertz CT molecular complexity index is 400. The van der Waals surface area contributed by atoms with Crippen LogP contribution in [0.25, 0.3) is 0 Å². The molecule has 1 fully saturated rings. The second-order valence-electron chi connectivity index (χ2n) is 5.14. The van der Waals surface area contributed by atoms with Gasteiger partial charge < -0.3 is 10.1 Å². The monoisotopic (exact) mass is 365 g/mol. The van der Waals surface area contributed by atoms with E-state index in [1.165, 1.54) is 4.88 Å². The molecule has 1 unspecified atom stereocenters. The first-order valence-electron chi connectivity index (χ1n) is 6.89. The third-order valence-electron chi connectivity index (χ3n) is 4.04. The second kappa shape index (κ2) is 6.90. The van der Waals surface area contributed by atoms with E-state index >= 15 is 0 Å². The predicted molar refractivity (Wildman–Crippen MR) is 86.2 cm³/mol. The van der Waals surface area contributed by atoms with Crippen LogP contribution < -0.4 is 5.32 Å². The first-order chi connectivity index (χ1) is 9.08. The van der Waals surface area contributed by atoms with Crippen molar-refractivity contribution in [1.29, 1.82) is 0 Å². The highest BCUT2D eigenvalue weighted by atomic mass is 79.9. The molecule has 1 atom stereocenters. The smallest absolute Gasteiger partial charge is 0.107 e. The Hall–Kier alpha value is 0.390. The highest BCUT2D eigenvalue weighted by molar-refractivity contribution is 9.10. The van der Waals surface area contributed by atoms with E-state index in [0.29, 0.717) is 6.04 Å². The highest BCUT2D eigenvalue weighted by Crippen LogP contribution is 2.33. The molecule has 0 saturated carbocycles. The van der Waals surface area contributed by atoms with Gasteiger partial charge in [0, 0.05) is 28.5 Å². The first kappa shape index (κ1) is 15.8. The molecule has 1 saturated heterocycles. The van der Waals surface area contributed by atoms with Gasteiger partial charge >= 0.3 is 0 Å². The SMILES string of the molecule is CCC1(CC)CC(NCc2cc(Br)c(Cl)s2)CCO1. The van der Waals surface area contributed by atoms with Crippen molar-refractivity contribution in [2.24, 2.45) is 0 Å². The van der Waals surface area contributed by atoms with Gasteiger partial charge in [0.2, 0.25) is 0 Å². The van der Waals surface area contributed by atoms with Gasteiger partial charge in [-0.1, -0.05) is 25.4 Å². The van der Waals surface area contributed by atoms with E-state index < -0.39 is 0 Å². The van der Waals surface area contributed by atoms with Crippen molar-refractivity contribution in [3.8, 4) is 0 Å². The summed E-state index contributed by atoms with van der Waals surface area (Å²) in [5, 5.41) is 3.65. The van der Waals surface area contributed by atoms with Crippen molar-refractivity contribution in [3.63, 3.8) is 0 Å². The molecule has 2 heterocycles. The van der Waals surface area contributed by atoms with Crippen molar-refractivity contribution in [3.05, 3.63) is 19.8 Å². The fraction of sp³-hybridized carbons (Fsp3) is 0.714. The number of halogens is 2. The summed E-state index contributed by atoms with van der Waals surface area (Å²) in [6, 6.07) is 2.65. The van der Waals surface area contributed by atoms with Crippen molar-refractivity contribution in [2.75, 3.05) is 6.61 Å². The molecule has 0 aromatic carbocycles. The number of rotatable bonds is 5. The number of nitrogens with one attached hydrogen (secondary N) is 1. The van der Waals surface area contributed by atoms with Crippen LogP contribution in [-0.4, -0.2) is 18.2 Å². The molecular weight excluding hydrogens is 346 g/mol. The van der Waals surface area contributed by atoms with E-state index in [1.54, 1.807) is 11.3 Å². The Morgan fingerprint density at radius 1 is 1.53 bits per heavy atom. The average Bonchev–Trinajstić information content (AvgIpc) is 2.76. The average molecular weight is 367 g/mol. The van der Waals surface area contributed by atoms with E-state index in [0.717, 1.165) is 47.6 Å². The van der Waals surface area contributed by atoms with Crippen LogP contribution >= 0.6 is 38.9 Å². The summed E-state index contributed by atoms with van der Waals surface area (Å²) < 4.78 is 7.84. The van der Waals surface area contributed by atoms with Crippen LogP contribution in [0.5, 0.6) is 0 Å². The van der Waals surface area contributed by atoms with E-state index in [1.807, 2.05) is 0 Å². The zero-order valence-electron chi connectivity index (χ0n) is 11.5. The standard InChI is InChI=1S/C14H21BrClNOS/c1-3-14(4-2)8-10(5-6-18-14)17-9-11-7-12(15)13(16)19-11/h7,10,17H,3-6,8-9H2,1-2H3. The minimum absolute atomic E-state index is 0.0869. The van der Waals surface area contributed by atoms with E-state index in [9.17, 15) is 0 Å². The van der Waals surface area contributed by atoms with Gasteiger partial charge in [0.15, 0.2) is 0 Å². The molecule has 0 radical (unpaired) electrons. The van der Waals surface area contributed by atoms with Gasteiger partial charge in [0.25, 0.3) is 0 Å². The van der Waals surface area contributed by atoms with Gasteiger partial charge in [0.1, 0.15) is 4.34 Å². The van der Waals surface area contributed by atoms with Gasteiger partial charge in [-0.25, -0.2) is 0 Å². The maximum Gasteiger partial charge on any atom is 0.107 e. The van der Waals surface area contributed by atoms with Crippen molar-refractivity contribution >= 4 is 38.9 Å². The first-order valence-corrected chi connectivity index (χ1v) is 8.88. The van der Waals surface area contributed by atoms with Gasteiger partial charge in [-0.2, -0.15) is 0 Å². The lowest BCUT2D eigenvalue weighted by Crippen LogP contribution is -2.46. The Morgan fingerprint density at radius 2 is 2.26 bits per heavy atom. The van der Waals surface area contributed by atoms with Crippen LogP contribution in [0.1, 0.15) is 44.4 Å². The summed E-state index contributed by atoms with van der Waals surface area (Å²) in [4.78, 5) is 1.28. The van der Waals surface area contributed by atoms with Crippen molar-refractivity contribution < 1.29 is 4.74 Å². The number of ether oxygens (including phenoxy) is 1. The number of hydrogen-bond donors (Lipinski definition) is 1. The van der Waals surface area contributed by atoms with Crippen LogP contribution in [0, 0.1) is 0 Å². The lowest BCUT2D eigenvalue weighted by molar-refractivity contribution is -0.0931. The number of hydrogen-bond acceptors (Lipinski definition) is 3. The number of thiophene rings is 1. The maximum absolute atomic E-state index is 6.06. The summed E-state index contributed by atoms with van der Waals surface area (Å²) in [5.74, 6) is 0. The summed E-state index contributed by atoms with van der Waals surface area (Å²) >= 11 is 11.2. The molecule has 0 aliphatic carbocycles. The minimum atomic E-state index is 0.0869. The molecule has 2 rings (SSSR count). The van der Waals surface area contributed by atoms with Crippen molar-refractivity contribution in [2.45, 2.75) is 57.7 Å². The molecule has 1 aromatic rings. The summed E-state index contributed by atoms with van der Waals surface area (Å²) in [5.41, 5.74) is 0.0869. The molecule has 108 valence electrons. The van der Waals surface area contributed by atoms with Gasteiger partial charge in [-0.05, 0) is 47.7 Å². The van der Waals surface area contributed by atoms with E-state index in [2.05, 4.69) is 41.2 Å². The molecule has 0 bridgehead atoms. The molecule has 1 aromatic heterocycles. The van der Waals surface area contributed by atoms with Crippen LogP contribution in [0.2, 0.25) is 4.34 Å². The largest absolute Gasteiger partial charge is 0.375 e. The summed E-state index contributed by atoms with van der Waals surface area (Å²) in [6.45, 7) is 6.21. The molecule has 0 spiro atoms. The molecule has 0 amide bonds. The highest BCUT2D eigenvalue weighted by Gasteiger charge is 2.34. The Balaban J connectivity index is 1.89. The maximum atomic E-state index is 6.06. The topological polar surface area (TPSA) is 21.3 Å². The van der Waals surface area contributed by atoms with Gasteiger partial charge in [-0.15, -0.1) is 11.3 Å². The normalized spacial score (nSPS) is 22.6. The van der Waals surface area contributed by atoms with E-state index in [4.69, 9.17) is 16.3 Å². The molecule has 19 heavy (non-hydrogen) atoms. The quantitative estimate of drug-likeness (QED) is 0.792. The van der Waals surface area contributed by atoms with Crippen LogP contribution in [0.4, 0.5) is 0 Å². The van der Waals surface area contributed by atoms with Crippen LogP contribution in [0.3, 0.4) is 0 Å². The third kappa shape index (κ3) is 3.94. The fourth-order valence-corrected chi connectivity index (χ4v) is 4.41. The molecular formula is C14H21BrClNOS. The second-order valence-corrected chi connectivity index (χ2v) is 7.74. The Labute approximate surface area is 133 Å². The third-order valence-corrected chi connectivity index (χ3v) is 6.52. The zero-order valence-corrected chi connectivity index (χ0v) is 14.6. The summed E-state index contributed by atoms with van der Waals surface area (Å²) in [7, 11) is 0.